The van der Waals surface area contributed by atoms with Crippen molar-refractivity contribution in [2.45, 2.75) is 18.9 Å². The monoisotopic (exact) mass is 482 g/mol. The topological polar surface area (TPSA) is 94.6 Å². The van der Waals surface area contributed by atoms with Crippen molar-refractivity contribution in [1.29, 1.82) is 5.26 Å². The Kier molecular flexibility index (Phi) is 6.39. The fourth-order valence-corrected chi connectivity index (χ4v) is 3.82. The Hall–Kier alpha value is -4.09. The SMILES string of the molecule is CC(Oc1ccc(F)cc1)C(=O)Oc1ccc2c(c1)OC(N)=C(C#N)C2c1c(F)cccc1Cl. The molecule has 0 fully saturated rings. The molecule has 172 valence electrons. The molecule has 4 rings (SSSR count). The summed E-state index contributed by atoms with van der Waals surface area (Å²) in [7, 11) is 0. The lowest BCUT2D eigenvalue weighted by Crippen LogP contribution is -2.28. The summed E-state index contributed by atoms with van der Waals surface area (Å²) in [5.74, 6) is -2.28. The van der Waals surface area contributed by atoms with Crippen LogP contribution in [-0.2, 0) is 4.79 Å². The molecule has 1 aliphatic heterocycles. The lowest BCUT2D eigenvalue weighted by Gasteiger charge is -2.27. The third-order valence-electron chi connectivity index (χ3n) is 5.16. The minimum atomic E-state index is -0.998. The number of esters is 1. The van der Waals surface area contributed by atoms with Crippen molar-refractivity contribution in [1.82, 2.24) is 0 Å². The molecule has 2 unspecified atom stereocenters. The van der Waals surface area contributed by atoms with Crippen LogP contribution in [0.1, 0.15) is 24.0 Å². The summed E-state index contributed by atoms with van der Waals surface area (Å²) in [4.78, 5) is 12.5. The molecule has 0 saturated carbocycles. The average Bonchev–Trinajstić information content (AvgIpc) is 2.80. The van der Waals surface area contributed by atoms with E-state index in [4.69, 9.17) is 31.5 Å². The van der Waals surface area contributed by atoms with Crippen LogP contribution in [0.2, 0.25) is 5.02 Å². The molecule has 0 saturated heterocycles. The summed E-state index contributed by atoms with van der Waals surface area (Å²) in [6.45, 7) is 1.48. The molecule has 3 aromatic rings. The predicted molar refractivity (Wildman–Crippen MR) is 119 cm³/mol. The maximum Gasteiger partial charge on any atom is 0.352 e. The maximum atomic E-state index is 14.7. The van der Waals surface area contributed by atoms with E-state index >= 15 is 0 Å². The lowest BCUT2D eigenvalue weighted by atomic mass is 9.83. The molecule has 9 heteroatoms. The second-order valence-corrected chi connectivity index (χ2v) is 7.80. The first-order valence-electron chi connectivity index (χ1n) is 10.1. The van der Waals surface area contributed by atoms with Crippen LogP contribution in [-0.4, -0.2) is 12.1 Å². The highest BCUT2D eigenvalue weighted by Crippen LogP contribution is 2.46. The van der Waals surface area contributed by atoms with E-state index in [2.05, 4.69) is 0 Å². The fourth-order valence-electron chi connectivity index (χ4n) is 3.55. The first-order valence-corrected chi connectivity index (χ1v) is 10.5. The van der Waals surface area contributed by atoms with Crippen molar-refractivity contribution in [2.24, 2.45) is 5.73 Å². The van der Waals surface area contributed by atoms with Crippen molar-refractivity contribution >= 4 is 17.6 Å². The minimum absolute atomic E-state index is 0.00515. The Morgan fingerprint density at radius 1 is 1.15 bits per heavy atom. The molecule has 2 atom stereocenters. The van der Waals surface area contributed by atoms with Gasteiger partial charge in [0.2, 0.25) is 5.88 Å². The summed E-state index contributed by atoms with van der Waals surface area (Å²) in [6.07, 6.45) is -0.998. The molecule has 0 bridgehead atoms. The zero-order chi connectivity index (χ0) is 24.4. The molecule has 1 aliphatic rings. The second kappa shape index (κ2) is 9.41. The quantitative estimate of drug-likeness (QED) is 0.396. The van der Waals surface area contributed by atoms with Gasteiger partial charge in [-0.25, -0.2) is 13.6 Å². The van der Waals surface area contributed by atoms with Gasteiger partial charge in [0.05, 0.1) is 5.92 Å². The van der Waals surface area contributed by atoms with E-state index in [1.807, 2.05) is 6.07 Å². The Labute approximate surface area is 198 Å². The number of nitrogens with zero attached hydrogens (tertiary/aromatic N) is 1. The van der Waals surface area contributed by atoms with Gasteiger partial charge in [0.1, 0.15) is 40.5 Å². The minimum Gasteiger partial charge on any atom is -0.479 e. The molecule has 0 aliphatic carbocycles. The number of halogens is 3. The van der Waals surface area contributed by atoms with E-state index in [1.54, 1.807) is 6.07 Å². The van der Waals surface area contributed by atoms with Crippen LogP contribution in [0.5, 0.6) is 17.2 Å². The van der Waals surface area contributed by atoms with Crippen LogP contribution in [0, 0.1) is 23.0 Å². The Balaban J connectivity index is 1.61. The molecule has 0 amide bonds. The molecule has 1 heterocycles. The number of rotatable bonds is 5. The Bertz CT molecular complexity index is 1320. The number of nitriles is 1. The molecular formula is C25H17ClF2N2O4. The molecule has 0 radical (unpaired) electrons. The van der Waals surface area contributed by atoms with Crippen LogP contribution in [0.25, 0.3) is 0 Å². The highest BCUT2D eigenvalue weighted by atomic mass is 35.5. The van der Waals surface area contributed by atoms with Crippen molar-refractivity contribution < 1.29 is 27.8 Å². The van der Waals surface area contributed by atoms with Gasteiger partial charge in [0, 0.05) is 22.2 Å². The summed E-state index contributed by atoms with van der Waals surface area (Å²) in [5, 5.41) is 9.76. The van der Waals surface area contributed by atoms with Crippen LogP contribution >= 0.6 is 11.6 Å². The van der Waals surface area contributed by atoms with Gasteiger partial charge in [-0.3, -0.25) is 0 Å². The lowest BCUT2D eigenvalue weighted by molar-refractivity contribution is -0.141. The van der Waals surface area contributed by atoms with E-state index in [-0.39, 0.29) is 33.5 Å². The first kappa shape index (κ1) is 23.1. The van der Waals surface area contributed by atoms with Crippen molar-refractivity contribution in [3.8, 4) is 23.3 Å². The Morgan fingerprint density at radius 3 is 2.53 bits per heavy atom. The zero-order valence-corrected chi connectivity index (χ0v) is 18.5. The van der Waals surface area contributed by atoms with Crippen molar-refractivity contribution in [2.75, 3.05) is 0 Å². The normalized spacial score (nSPS) is 15.6. The third kappa shape index (κ3) is 4.51. The standard InChI is InChI=1S/C25H17ClF2N2O4/c1-13(32-15-7-5-14(27)6-8-15)25(31)33-16-9-10-17-21(11-16)34-24(30)18(12-29)22(17)23-19(26)3-2-4-20(23)28/h2-11,13,22H,30H2,1H3. The number of hydrogen-bond donors (Lipinski definition) is 1. The summed E-state index contributed by atoms with van der Waals surface area (Å²) >= 11 is 6.25. The highest BCUT2D eigenvalue weighted by molar-refractivity contribution is 6.31. The van der Waals surface area contributed by atoms with E-state index in [0.717, 1.165) is 0 Å². The van der Waals surface area contributed by atoms with Crippen LogP contribution in [0.3, 0.4) is 0 Å². The predicted octanol–water partition coefficient (Wildman–Crippen LogP) is 5.21. The van der Waals surface area contributed by atoms with Crippen molar-refractivity contribution in [3.05, 3.63) is 99.9 Å². The van der Waals surface area contributed by atoms with Gasteiger partial charge >= 0.3 is 5.97 Å². The molecule has 0 spiro atoms. The largest absolute Gasteiger partial charge is 0.479 e. The molecule has 34 heavy (non-hydrogen) atoms. The van der Waals surface area contributed by atoms with Crippen LogP contribution < -0.4 is 19.9 Å². The van der Waals surface area contributed by atoms with Gasteiger partial charge in [-0.15, -0.1) is 0 Å². The maximum absolute atomic E-state index is 14.7. The van der Waals surface area contributed by atoms with E-state index in [1.165, 1.54) is 61.5 Å². The van der Waals surface area contributed by atoms with Gasteiger partial charge < -0.3 is 19.9 Å². The number of carbonyl (C=O) groups excluding carboxylic acids is 1. The third-order valence-corrected chi connectivity index (χ3v) is 5.49. The molecule has 0 aromatic heterocycles. The van der Waals surface area contributed by atoms with E-state index < -0.39 is 29.6 Å². The number of carbonyl (C=O) groups is 1. The highest BCUT2D eigenvalue weighted by Gasteiger charge is 2.34. The summed E-state index contributed by atoms with van der Waals surface area (Å²) in [5.41, 5.74) is 6.46. The molecule has 2 N–H and O–H groups in total. The first-order chi connectivity index (χ1) is 16.3. The van der Waals surface area contributed by atoms with Crippen LogP contribution in [0.4, 0.5) is 8.78 Å². The molecule has 3 aromatic carbocycles. The summed E-state index contributed by atoms with van der Waals surface area (Å²) < 4.78 is 44.2. The van der Waals surface area contributed by atoms with E-state index in [9.17, 15) is 18.8 Å². The summed E-state index contributed by atoms with van der Waals surface area (Å²) in [6, 6.07) is 15.8. The fraction of sp³-hybridized carbons (Fsp3) is 0.120. The molecule has 6 nitrogen and oxygen atoms in total. The van der Waals surface area contributed by atoms with Gasteiger partial charge in [-0.05, 0) is 49.4 Å². The van der Waals surface area contributed by atoms with E-state index in [0.29, 0.717) is 11.3 Å². The second-order valence-electron chi connectivity index (χ2n) is 7.39. The smallest absolute Gasteiger partial charge is 0.352 e. The van der Waals surface area contributed by atoms with Gasteiger partial charge in [0.25, 0.3) is 0 Å². The van der Waals surface area contributed by atoms with Gasteiger partial charge in [0.15, 0.2) is 6.10 Å². The van der Waals surface area contributed by atoms with Gasteiger partial charge in [-0.1, -0.05) is 23.7 Å². The van der Waals surface area contributed by atoms with Gasteiger partial charge in [-0.2, -0.15) is 5.26 Å². The Morgan fingerprint density at radius 2 is 1.85 bits per heavy atom. The molecular weight excluding hydrogens is 466 g/mol. The number of hydrogen-bond acceptors (Lipinski definition) is 6. The average molecular weight is 483 g/mol. The zero-order valence-electron chi connectivity index (χ0n) is 17.7. The number of fused-ring (bicyclic) bond motifs is 1. The number of ether oxygens (including phenoxy) is 3. The van der Waals surface area contributed by atoms with Crippen LogP contribution in [0.15, 0.2) is 72.1 Å². The number of benzene rings is 3. The number of allylic oxidation sites excluding steroid dienone is 1. The van der Waals surface area contributed by atoms with Crippen molar-refractivity contribution in [3.63, 3.8) is 0 Å². The number of nitrogens with two attached hydrogens (primary N) is 1.